The summed E-state index contributed by atoms with van der Waals surface area (Å²) < 4.78 is 0. The Labute approximate surface area is 208 Å². The van der Waals surface area contributed by atoms with E-state index in [9.17, 15) is 4.79 Å². The van der Waals surface area contributed by atoms with Crippen molar-refractivity contribution in [2.45, 2.75) is 38.4 Å². The highest BCUT2D eigenvalue weighted by Crippen LogP contribution is 2.31. The summed E-state index contributed by atoms with van der Waals surface area (Å²) in [4.78, 5) is 21.1. The quantitative estimate of drug-likeness (QED) is 0.342. The molecule has 7 heteroatoms. The molecule has 0 radical (unpaired) electrons. The number of carbonyl (C=O) groups is 1. The van der Waals surface area contributed by atoms with Crippen LogP contribution in [0.25, 0.3) is 0 Å². The Balaban J connectivity index is 0.00000289. The topological polar surface area (TPSA) is 74.0 Å². The molecular formula is C25H34IN5O. The summed E-state index contributed by atoms with van der Waals surface area (Å²) in [6.45, 7) is 4.91. The number of halogens is 1. The first-order valence-electron chi connectivity index (χ1n) is 11.3. The molecule has 2 aromatic rings. The molecule has 32 heavy (non-hydrogen) atoms. The Morgan fingerprint density at radius 2 is 1.88 bits per heavy atom. The van der Waals surface area contributed by atoms with E-state index in [4.69, 9.17) is 5.73 Å². The van der Waals surface area contributed by atoms with Crippen LogP contribution in [-0.4, -0.2) is 54.4 Å². The van der Waals surface area contributed by atoms with E-state index in [2.05, 4.69) is 50.4 Å². The lowest BCUT2D eigenvalue weighted by molar-refractivity contribution is 0.0372. The standard InChI is InChI=1S/C25H33N5O.HI/c1-27-25(28-16-20-9-5-10-21(15-20)24(26)31)30-14-12-23-22(18-30)11-6-13-29(23)17-19-7-3-2-4-8-19;/h2-5,7-10,15,22-23H,6,11-14,16-18H2,1H3,(H2,26,31)(H,27,28);1H. The largest absolute Gasteiger partial charge is 0.366 e. The van der Waals surface area contributed by atoms with Crippen molar-refractivity contribution in [2.75, 3.05) is 26.7 Å². The average Bonchev–Trinajstić information content (AvgIpc) is 2.80. The average molecular weight is 547 g/mol. The van der Waals surface area contributed by atoms with Gasteiger partial charge in [0.15, 0.2) is 5.96 Å². The van der Waals surface area contributed by atoms with E-state index >= 15 is 0 Å². The monoisotopic (exact) mass is 547 g/mol. The van der Waals surface area contributed by atoms with Crippen LogP contribution >= 0.6 is 24.0 Å². The number of nitrogens with one attached hydrogen (secondary N) is 1. The fourth-order valence-corrected chi connectivity index (χ4v) is 5.06. The number of hydrogen-bond acceptors (Lipinski definition) is 3. The van der Waals surface area contributed by atoms with E-state index in [-0.39, 0.29) is 24.0 Å². The Morgan fingerprint density at radius 1 is 1.09 bits per heavy atom. The lowest BCUT2D eigenvalue weighted by Gasteiger charge is -2.48. The molecule has 2 aliphatic rings. The fraction of sp³-hybridized carbons (Fsp3) is 0.440. The lowest BCUT2D eigenvalue weighted by Crippen LogP contribution is -2.56. The summed E-state index contributed by atoms with van der Waals surface area (Å²) in [7, 11) is 1.84. The number of guanidine groups is 1. The van der Waals surface area contributed by atoms with Gasteiger partial charge >= 0.3 is 0 Å². The third-order valence-corrected chi connectivity index (χ3v) is 6.59. The maximum absolute atomic E-state index is 11.4. The first-order chi connectivity index (χ1) is 15.1. The number of carbonyl (C=O) groups excluding carboxylic acids is 1. The Hall–Kier alpha value is -2.13. The van der Waals surface area contributed by atoms with Crippen LogP contribution in [0.3, 0.4) is 0 Å². The van der Waals surface area contributed by atoms with Gasteiger partial charge in [-0.05, 0) is 55.0 Å². The van der Waals surface area contributed by atoms with E-state index < -0.39 is 5.91 Å². The number of piperidine rings is 2. The number of rotatable bonds is 5. The van der Waals surface area contributed by atoms with Crippen molar-refractivity contribution in [3.8, 4) is 0 Å². The summed E-state index contributed by atoms with van der Waals surface area (Å²) in [5.74, 6) is 1.21. The van der Waals surface area contributed by atoms with Gasteiger partial charge in [0.2, 0.25) is 5.91 Å². The Kier molecular flexibility index (Phi) is 8.92. The van der Waals surface area contributed by atoms with Gasteiger partial charge in [0.25, 0.3) is 0 Å². The number of benzene rings is 2. The molecule has 0 spiro atoms. The minimum absolute atomic E-state index is 0. The minimum Gasteiger partial charge on any atom is -0.366 e. The van der Waals surface area contributed by atoms with Gasteiger partial charge < -0.3 is 16.0 Å². The molecule has 0 aliphatic carbocycles. The van der Waals surface area contributed by atoms with E-state index in [1.807, 2.05) is 25.2 Å². The van der Waals surface area contributed by atoms with Gasteiger partial charge in [-0.2, -0.15) is 0 Å². The van der Waals surface area contributed by atoms with Gasteiger partial charge in [-0.3, -0.25) is 14.7 Å². The molecule has 2 heterocycles. The first kappa shape index (κ1) is 24.5. The molecule has 3 N–H and O–H groups in total. The second-order valence-electron chi connectivity index (χ2n) is 8.63. The van der Waals surface area contributed by atoms with Crippen molar-refractivity contribution >= 4 is 35.8 Å². The van der Waals surface area contributed by atoms with E-state index in [0.717, 1.165) is 37.6 Å². The zero-order valence-corrected chi connectivity index (χ0v) is 21.1. The minimum atomic E-state index is -0.398. The summed E-state index contributed by atoms with van der Waals surface area (Å²) >= 11 is 0. The predicted octanol–water partition coefficient (Wildman–Crippen LogP) is 3.47. The van der Waals surface area contributed by atoms with Crippen molar-refractivity contribution in [2.24, 2.45) is 16.6 Å². The van der Waals surface area contributed by atoms with Crippen LogP contribution in [0.1, 0.15) is 40.7 Å². The highest BCUT2D eigenvalue weighted by Gasteiger charge is 2.36. The SMILES string of the molecule is CN=C(NCc1cccc(C(N)=O)c1)N1CCC2C(CCCN2Cc2ccccc2)C1.I. The molecule has 2 saturated heterocycles. The number of amides is 1. The van der Waals surface area contributed by atoms with Gasteiger partial charge in [0.05, 0.1) is 0 Å². The highest BCUT2D eigenvalue weighted by molar-refractivity contribution is 14.0. The second kappa shape index (κ2) is 11.7. The molecule has 2 unspecified atom stereocenters. The van der Waals surface area contributed by atoms with Crippen LogP contribution in [-0.2, 0) is 13.1 Å². The van der Waals surface area contributed by atoms with Gasteiger partial charge in [0.1, 0.15) is 0 Å². The van der Waals surface area contributed by atoms with E-state index in [1.165, 1.54) is 24.9 Å². The van der Waals surface area contributed by atoms with Gasteiger partial charge in [-0.25, -0.2) is 0 Å². The summed E-state index contributed by atoms with van der Waals surface area (Å²) in [6.07, 6.45) is 3.70. The fourth-order valence-electron chi connectivity index (χ4n) is 5.06. The smallest absolute Gasteiger partial charge is 0.248 e. The van der Waals surface area contributed by atoms with Gasteiger partial charge in [-0.15, -0.1) is 24.0 Å². The molecule has 6 nitrogen and oxygen atoms in total. The zero-order chi connectivity index (χ0) is 21.6. The summed E-state index contributed by atoms with van der Waals surface area (Å²) in [5, 5.41) is 3.48. The van der Waals surface area contributed by atoms with Crippen molar-refractivity contribution in [3.05, 3.63) is 71.3 Å². The zero-order valence-electron chi connectivity index (χ0n) is 18.7. The Bertz CT molecular complexity index is 920. The second-order valence-corrected chi connectivity index (χ2v) is 8.63. The number of hydrogen-bond donors (Lipinski definition) is 2. The Morgan fingerprint density at radius 3 is 2.62 bits per heavy atom. The van der Waals surface area contributed by atoms with Crippen LogP contribution in [0.4, 0.5) is 0 Å². The van der Waals surface area contributed by atoms with Crippen LogP contribution in [0.15, 0.2) is 59.6 Å². The third-order valence-electron chi connectivity index (χ3n) is 6.59. The van der Waals surface area contributed by atoms with Crippen LogP contribution < -0.4 is 11.1 Å². The molecule has 0 saturated carbocycles. The maximum Gasteiger partial charge on any atom is 0.248 e. The summed E-state index contributed by atoms with van der Waals surface area (Å²) in [5.41, 5.74) is 8.38. The van der Waals surface area contributed by atoms with Crippen LogP contribution in [0.2, 0.25) is 0 Å². The highest BCUT2D eigenvalue weighted by atomic mass is 127. The molecule has 2 fully saturated rings. The molecular weight excluding hydrogens is 513 g/mol. The predicted molar refractivity (Wildman–Crippen MR) is 140 cm³/mol. The van der Waals surface area contributed by atoms with Crippen molar-refractivity contribution in [1.82, 2.24) is 15.1 Å². The lowest BCUT2D eigenvalue weighted by atomic mass is 9.83. The molecule has 0 bridgehead atoms. The molecule has 0 aromatic heterocycles. The van der Waals surface area contributed by atoms with E-state index in [0.29, 0.717) is 24.1 Å². The van der Waals surface area contributed by atoms with Crippen LogP contribution in [0.5, 0.6) is 0 Å². The number of nitrogens with zero attached hydrogens (tertiary/aromatic N) is 3. The molecule has 2 aliphatic heterocycles. The number of primary amides is 1. The first-order valence-corrected chi connectivity index (χ1v) is 11.3. The normalized spacial score (nSPS) is 21.4. The number of aliphatic imine (C=N–C) groups is 1. The van der Waals surface area contributed by atoms with Gasteiger partial charge in [-0.1, -0.05) is 42.5 Å². The van der Waals surface area contributed by atoms with Crippen molar-refractivity contribution in [3.63, 3.8) is 0 Å². The molecule has 1 amide bonds. The van der Waals surface area contributed by atoms with E-state index in [1.54, 1.807) is 6.07 Å². The third kappa shape index (κ3) is 6.01. The molecule has 2 aromatic carbocycles. The number of likely N-dealkylation sites (tertiary alicyclic amines) is 2. The van der Waals surface area contributed by atoms with Crippen LogP contribution in [0, 0.1) is 5.92 Å². The van der Waals surface area contributed by atoms with Crippen molar-refractivity contribution < 1.29 is 4.79 Å². The molecule has 4 rings (SSSR count). The number of nitrogens with two attached hydrogens (primary N) is 1. The maximum atomic E-state index is 11.4. The summed E-state index contributed by atoms with van der Waals surface area (Å²) in [6, 6.07) is 18.9. The molecule has 2 atom stereocenters. The van der Waals surface area contributed by atoms with Crippen molar-refractivity contribution in [1.29, 1.82) is 0 Å². The van der Waals surface area contributed by atoms with Gasteiger partial charge in [0, 0.05) is 44.8 Å². The molecule has 172 valence electrons. The number of fused-ring (bicyclic) bond motifs is 1.